The lowest BCUT2D eigenvalue weighted by molar-refractivity contribution is -0.134. The van der Waals surface area contributed by atoms with Crippen LogP contribution in [0.5, 0.6) is 0 Å². The molecule has 0 spiro atoms. The molecule has 25 heavy (non-hydrogen) atoms. The monoisotopic (exact) mass is 346 g/mol. The highest BCUT2D eigenvalue weighted by Gasteiger charge is 2.26. The van der Waals surface area contributed by atoms with Gasteiger partial charge in [-0.2, -0.15) is 0 Å². The van der Waals surface area contributed by atoms with Crippen LogP contribution in [0.3, 0.4) is 0 Å². The largest absolute Gasteiger partial charge is 0.465 e. The molecule has 1 unspecified atom stereocenters. The Morgan fingerprint density at radius 3 is 2.76 bits per heavy atom. The van der Waals surface area contributed by atoms with Gasteiger partial charge in [0.05, 0.1) is 25.2 Å². The van der Waals surface area contributed by atoms with Crippen LogP contribution in [0.4, 0.5) is 5.69 Å². The fraction of sp³-hybridized carbons (Fsp3) is 0.579. The van der Waals surface area contributed by atoms with E-state index in [1.807, 2.05) is 17.0 Å². The van der Waals surface area contributed by atoms with Gasteiger partial charge in [0.2, 0.25) is 5.91 Å². The second-order valence-corrected chi connectivity index (χ2v) is 6.71. The van der Waals surface area contributed by atoms with Gasteiger partial charge in [-0.1, -0.05) is 6.07 Å². The molecule has 0 bridgehead atoms. The summed E-state index contributed by atoms with van der Waals surface area (Å²) in [7, 11) is 1.38. The molecule has 0 aromatic heterocycles. The summed E-state index contributed by atoms with van der Waals surface area (Å²) < 4.78 is 10.3. The Morgan fingerprint density at radius 2 is 2.08 bits per heavy atom. The molecule has 2 aliphatic rings. The number of carbonyl (C=O) groups excluding carboxylic acids is 2. The van der Waals surface area contributed by atoms with Crippen molar-refractivity contribution < 1.29 is 19.1 Å². The van der Waals surface area contributed by atoms with Gasteiger partial charge in [-0.05, 0) is 43.9 Å². The first kappa shape index (κ1) is 17.7. The summed E-state index contributed by atoms with van der Waals surface area (Å²) >= 11 is 0. The maximum atomic E-state index is 12.3. The van der Waals surface area contributed by atoms with Crippen LogP contribution in [0, 0.1) is 0 Å². The molecule has 2 saturated heterocycles. The Kier molecular flexibility index (Phi) is 5.91. The highest BCUT2D eigenvalue weighted by Crippen LogP contribution is 2.21. The van der Waals surface area contributed by atoms with Crippen LogP contribution < -0.4 is 5.32 Å². The van der Waals surface area contributed by atoms with Gasteiger partial charge >= 0.3 is 5.97 Å². The number of piperidine rings is 1. The zero-order valence-electron chi connectivity index (χ0n) is 14.7. The lowest BCUT2D eigenvalue weighted by Crippen LogP contribution is -2.43. The van der Waals surface area contributed by atoms with Crippen molar-refractivity contribution >= 4 is 17.6 Å². The highest BCUT2D eigenvalue weighted by atomic mass is 16.5. The number of carbonyl (C=O) groups is 2. The topological polar surface area (TPSA) is 67.9 Å². The van der Waals surface area contributed by atoms with E-state index in [0.717, 1.165) is 51.1 Å². The van der Waals surface area contributed by atoms with Crippen LogP contribution in [0.1, 0.15) is 42.5 Å². The molecule has 1 aromatic carbocycles. The third kappa shape index (κ3) is 4.72. The summed E-state index contributed by atoms with van der Waals surface area (Å²) in [6, 6.07) is 7.64. The number of amides is 1. The smallest absolute Gasteiger partial charge is 0.337 e. The molecule has 1 N–H and O–H groups in total. The van der Waals surface area contributed by atoms with Gasteiger partial charge in [0.15, 0.2) is 0 Å². The van der Waals surface area contributed by atoms with Crippen LogP contribution in [0.15, 0.2) is 24.3 Å². The van der Waals surface area contributed by atoms with Gasteiger partial charge < -0.3 is 19.7 Å². The molecule has 0 saturated carbocycles. The second kappa shape index (κ2) is 8.34. The zero-order chi connectivity index (χ0) is 17.6. The fourth-order valence-electron chi connectivity index (χ4n) is 3.49. The van der Waals surface area contributed by atoms with Crippen LogP contribution in [0.25, 0.3) is 0 Å². The first-order valence-corrected chi connectivity index (χ1v) is 9.00. The molecule has 136 valence electrons. The minimum atomic E-state index is -0.335. The van der Waals surface area contributed by atoms with Gasteiger partial charge in [-0.3, -0.25) is 4.79 Å². The predicted molar refractivity (Wildman–Crippen MR) is 94.6 cm³/mol. The SMILES string of the molecule is COC(=O)c1cccc(NC2CCN(C(=O)CC3CCCO3)CC2)c1. The van der Waals surface area contributed by atoms with Crippen LogP contribution in [-0.2, 0) is 14.3 Å². The molecule has 6 nitrogen and oxygen atoms in total. The summed E-state index contributed by atoms with van der Waals surface area (Å²) in [5.41, 5.74) is 1.45. The Labute approximate surface area is 148 Å². The van der Waals surface area contributed by atoms with E-state index < -0.39 is 0 Å². The standard InChI is InChI=1S/C19H26N2O4/c1-24-19(23)14-4-2-5-16(12-14)20-15-7-9-21(10-8-15)18(22)13-17-6-3-11-25-17/h2,4-5,12,15,17,20H,3,6-11,13H2,1H3. The van der Waals surface area contributed by atoms with Crippen LogP contribution in [0.2, 0.25) is 0 Å². The van der Waals surface area contributed by atoms with Gasteiger partial charge in [-0.15, -0.1) is 0 Å². The molecular weight excluding hydrogens is 320 g/mol. The minimum absolute atomic E-state index is 0.115. The van der Waals surface area contributed by atoms with E-state index >= 15 is 0 Å². The van der Waals surface area contributed by atoms with Gasteiger partial charge in [0, 0.05) is 31.4 Å². The average Bonchev–Trinajstić information content (AvgIpc) is 3.15. The van der Waals surface area contributed by atoms with E-state index in [4.69, 9.17) is 9.47 Å². The number of nitrogens with one attached hydrogen (secondary N) is 1. The normalized spacial score (nSPS) is 21.2. The molecule has 0 aliphatic carbocycles. The first-order valence-electron chi connectivity index (χ1n) is 9.00. The third-order valence-electron chi connectivity index (χ3n) is 4.93. The number of rotatable bonds is 5. The number of hydrogen-bond donors (Lipinski definition) is 1. The van der Waals surface area contributed by atoms with Crippen LogP contribution >= 0.6 is 0 Å². The van der Waals surface area contributed by atoms with Gasteiger partial charge in [0.25, 0.3) is 0 Å². The maximum absolute atomic E-state index is 12.3. The Hall–Kier alpha value is -2.08. The van der Waals surface area contributed by atoms with Gasteiger partial charge in [0.1, 0.15) is 0 Å². The number of methoxy groups -OCH3 is 1. The van der Waals surface area contributed by atoms with E-state index in [1.54, 1.807) is 12.1 Å². The van der Waals surface area contributed by atoms with Gasteiger partial charge in [-0.25, -0.2) is 4.79 Å². The summed E-state index contributed by atoms with van der Waals surface area (Å²) in [5, 5.41) is 3.46. The second-order valence-electron chi connectivity index (χ2n) is 6.71. The summed E-state index contributed by atoms with van der Waals surface area (Å²) in [4.78, 5) is 25.9. The number of nitrogens with zero attached hydrogens (tertiary/aromatic N) is 1. The third-order valence-corrected chi connectivity index (χ3v) is 4.93. The number of hydrogen-bond acceptors (Lipinski definition) is 5. The van der Waals surface area contributed by atoms with Crippen LogP contribution in [-0.4, -0.2) is 55.7 Å². The van der Waals surface area contributed by atoms with E-state index in [1.165, 1.54) is 7.11 Å². The van der Waals surface area contributed by atoms with Crippen molar-refractivity contribution in [2.24, 2.45) is 0 Å². The van der Waals surface area contributed by atoms with E-state index in [2.05, 4.69) is 5.32 Å². The van der Waals surface area contributed by atoms with E-state index in [0.29, 0.717) is 18.0 Å². The van der Waals surface area contributed by atoms with Crippen molar-refractivity contribution in [3.8, 4) is 0 Å². The molecule has 6 heteroatoms. The first-order chi connectivity index (χ1) is 12.2. The number of esters is 1. The van der Waals surface area contributed by atoms with Crippen molar-refractivity contribution in [3.63, 3.8) is 0 Å². The molecule has 2 fully saturated rings. The molecular formula is C19H26N2O4. The van der Waals surface area contributed by atoms with Crippen molar-refractivity contribution in [3.05, 3.63) is 29.8 Å². The van der Waals surface area contributed by atoms with Crippen molar-refractivity contribution in [1.82, 2.24) is 4.90 Å². The Balaban J connectivity index is 1.47. The number of anilines is 1. The lowest BCUT2D eigenvalue weighted by atomic mass is 10.0. The number of ether oxygens (including phenoxy) is 2. The maximum Gasteiger partial charge on any atom is 0.337 e. The summed E-state index contributed by atoms with van der Waals surface area (Å²) in [6.07, 6.45) is 4.50. The molecule has 1 atom stereocenters. The Bertz CT molecular complexity index is 605. The highest BCUT2D eigenvalue weighted by molar-refractivity contribution is 5.90. The van der Waals surface area contributed by atoms with E-state index in [9.17, 15) is 9.59 Å². The molecule has 0 radical (unpaired) electrons. The molecule has 3 rings (SSSR count). The van der Waals surface area contributed by atoms with E-state index in [-0.39, 0.29) is 18.0 Å². The number of benzene rings is 1. The van der Waals surface area contributed by atoms with Crippen molar-refractivity contribution in [2.75, 3.05) is 32.1 Å². The average molecular weight is 346 g/mol. The molecule has 1 amide bonds. The zero-order valence-corrected chi connectivity index (χ0v) is 14.7. The minimum Gasteiger partial charge on any atom is -0.465 e. The molecule has 2 heterocycles. The molecule has 1 aromatic rings. The predicted octanol–water partition coefficient (Wildman–Crippen LogP) is 2.45. The fourth-order valence-corrected chi connectivity index (χ4v) is 3.49. The van der Waals surface area contributed by atoms with Crippen molar-refractivity contribution in [1.29, 1.82) is 0 Å². The van der Waals surface area contributed by atoms with Crippen molar-refractivity contribution in [2.45, 2.75) is 44.2 Å². The summed E-state index contributed by atoms with van der Waals surface area (Å²) in [6.45, 7) is 2.31. The lowest BCUT2D eigenvalue weighted by Gasteiger charge is -2.33. The quantitative estimate of drug-likeness (QED) is 0.830. The summed E-state index contributed by atoms with van der Waals surface area (Å²) in [5.74, 6) is -0.128. The Morgan fingerprint density at radius 1 is 1.28 bits per heavy atom. The molecule has 2 aliphatic heterocycles. The number of likely N-dealkylation sites (tertiary alicyclic amines) is 1.